The number of anilines is 2. The van der Waals surface area contributed by atoms with E-state index >= 15 is 0 Å². The quantitative estimate of drug-likeness (QED) is 0.595. The van der Waals surface area contributed by atoms with E-state index in [1.165, 1.54) is 0 Å². The summed E-state index contributed by atoms with van der Waals surface area (Å²) in [5.41, 5.74) is 3.96. The van der Waals surface area contributed by atoms with Crippen LogP contribution in [0.5, 0.6) is 5.75 Å². The lowest BCUT2D eigenvalue weighted by molar-refractivity contribution is -0.110. The minimum Gasteiger partial charge on any atom is -0.497 e. The Kier molecular flexibility index (Phi) is 5.06. The highest BCUT2D eigenvalue weighted by molar-refractivity contribution is 6.36. The van der Waals surface area contributed by atoms with Gasteiger partial charge in [0, 0.05) is 33.1 Å². The van der Waals surface area contributed by atoms with Crippen LogP contribution in [0.15, 0.2) is 66.7 Å². The van der Waals surface area contributed by atoms with Gasteiger partial charge in [-0.1, -0.05) is 23.7 Å². The third-order valence-electron chi connectivity index (χ3n) is 4.57. The molecule has 0 atom stereocenters. The standard InChI is InChI=1S/C23H17ClN2O3/c1-29-18-8-5-15(6-9-18)22(27)25-17-4-2-3-14(11-17)12-20-19-13-16(24)7-10-21(19)26-23(20)28/h2-13H,1H3,(H,25,27)(H,26,28)/b20-12-. The van der Waals surface area contributed by atoms with Gasteiger partial charge in [-0.25, -0.2) is 0 Å². The Hall–Kier alpha value is -3.57. The second-order valence-corrected chi connectivity index (χ2v) is 6.95. The van der Waals surface area contributed by atoms with Crippen molar-refractivity contribution >= 4 is 46.4 Å². The summed E-state index contributed by atoms with van der Waals surface area (Å²) in [5.74, 6) is 0.272. The van der Waals surface area contributed by atoms with Crippen molar-refractivity contribution in [3.05, 3.63) is 88.4 Å². The highest BCUT2D eigenvalue weighted by Crippen LogP contribution is 2.35. The Labute approximate surface area is 173 Å². The minimum absolute atomic E-state index is 0.185. The van der Waals surface area contributed by atoms with Crippen LogP contribution >= 0.6 is 11.6 Å². The Morgan fingerprint density at radius 3 is 2.62 bits per heavy atom. The van der Waals surface area contributed by atoms with Crippen molar-refractivity contribution in [3.63, 3.8) is 0 Å². The molecule has 2 N–H and O–H groups in total. The monoisotopic (exact) mass is 404 g/mol. The molecular weight excluding hydrogens is 388 g/mol. The molecule has 0 saturated carbocycles. The predicted molar refractivity (Wildman–Crippen MR) is 115 cm³/mol. The molecule has 3 aromatic rings. The van der Waals surface area contributed by atoms with Crippen molar-refractivity contribution < 1.29 is 14.3 Å². The van der Waals surface area contributed by atoms with Gasteiger partial charge in [-0.05, 0) is 66.2 Å². The first kappa shape index (κ1) is 18.8. The van der Waals surface area contributed by atoms with Gasteiger partial charge in [0.25, 0.3) is 11.8 Å². The molecule has 0 aliphatic carbocycles. The van der Waals surface area contributed by atoms with Gasteiger partial charge >= 0.3 is 0 Å². The summed E-state index contributed by atoms with van der Waals surface area (Å²) in [5, 5.41) is 6.26. The summed E-state index contributed by atoms with van der Waals surface area (Å²) >= 11 is 6.08. The van der Waals surface area contributed by atoms with Gasteiger partial charge in [-0.2, -0.15) is 0 Å². The fourth-order valence-electron chi connectivity index (χ4n) is 3.12. The van der Waals surface area contributed by atoms with E-state index in [1.54, 1.807) is 61.7 Å². The zero-order valence-electron chi connectivity index (χ0n) is 15.5. The summed E-state index contributed by atoms with van der Waals surface area (Å²) in [7, 11) is 1.58. The molecule has 29 heavy (non-hydrogen) atoms. The molecule has 3 aromatic carbocycles. The lowest BCUT2D eigenvalue weighted by Gasteiger charge is -2.07. The van der Waals surface area contributed by atoms with Crippen LogP contribution in [0.25, 0.3) is 11.6 Å². The molecule has 1 aliphatic heterocycles. The first-order chi connectivity index (χ1) is 14.0. The van der Waals surface area contributed by atoms with E-state index in [9.17, 15) is 9.59 Å². The number of carbonyl (C=O) groups excluding carboxylic acids is 2. The number of rotatable bonds is 4. The molecule has 0 saturated heterocycles. The summed E-state index contributed by atoms with van der Waals surface area (Å²) in [6.07, 6.45) is 1.78. The average molecular weight is 405 g/mol. The molecule has 2 amide bonds. The second kappa shape index (κ2) is 7.81. The van der Waals surface area contributed by atoms with E-state index < -0.39 is 0 Å². The van der Waals surface area contributed by atoms with Crippen molar-refractivity contribution in [2.45, 2.75) is 0 Å². The lowest BCUT2D eigenvalue weighted by Crippen LogP contribution is -2.11. The molecule has 0 spiro atoms. The third-order valence-corrected chi connectivity index (χ3v) is 4.81. The van der Waals surface area contributed by atoms with Crippen LogP contribution in [0, 0.1) is 0 Å². The maximum absolute atomic E-state index is 12.5. The topological polar surface area (TPSA) is 67.4 Å². The SMILES string of the molecule is COc1ccc(C(=O)Nc2cccc(/C=C3\C(=O)Nc4ccc(Cl)cc43)c2)cc1. The fourth-order valence-corrected chi connectivity index (χ4v) is 3.29. The summed E-state index contributed by atoms with van der Waals surface area (Å²) in [6, 6.07) is 19.4. The zero-order chi connectivity index (χ0) is 20.4. The van der Waals surface area contributed by atoms with Gasteiger partial charge < -0.3 is 15.4 Å². The van der Waals surface area contributed by atoms with E-state index in [0.29, 0.717) is 27.6 Å². The Morgan fingerprint density at radius 2 is 1.86 bits per heavy atom. The highest BCUT2D eigenvalue weighted by Gasteiger charge is 2.24. The average Bonchev–Trinajstić information content (AvgIpc) is 3.03. The molecular formula is C23H17ClN2O3. The molecule has 4 rings (SSSR count). The molecule has 1 aliphatic rings. The van der Waals surface area contributed by atoms with E-state index in [-0.39, 0.29) is 11.8 Å². The van der Waals surface area contributed by atoms with Gasteiger partial charge in [-0.3, -0.25) is 9.59 Å². The van der Waals surface area contributed by atoms with E-state index in [1.807, 2.05) is 18.2 Å². The largest absolute Gasteiger partial charge is 0.497 e. The minimum atomic E-state index is -0.229. The van der Waals surface area contributed by atoms with Crippen LogP contribution in [0.2, 0.25) is 5.02 Å². The number of carbonyl (C=O) groups is 2. The number of nitrogens with one attached hydrogen (secondary N) is 2. The number of fused-ring (bicyclic) bond motifs is 1. The van der Waals surface area contributed by atoms with Crippen LogP contribution < -0.4 is 15.4 Å². The molecule has 0 unspecified atom stereocenters. The summed E-state index contributed by atoms with van der Waals surface area (Å²) in [6.45, 7) is 0. The van der Waals surface area contributed by atoms with Gasteiger partial charge in [-0.15, -0.1) is 0 Å². The molecule has 144 valence electrons. The Morgan fingerprint density at radius 1 is 1.07 bits per heavy atom. The Bertz CT molecular complexity index is 1140. The second-order valence-electron chi connectivity index (χ2n) is 6.51. The number of amides is 2. The first-order valence-corrected chi connectivity index (χ1v) is 9.30. The smallest absolute Gasteiger partial charge is 0.256 e. The maximum atomic E-state index is 12.5. The van der Waals surface area contributed by atoms with Crippen LogP contribution in [0.3, 0.4) is 0 Å². The highest BCUT2D eigenvalue weighted by atomic mass is 35.5. The van der Waals surface area contributed by atoms with E-state index in [0.717, 1.165) is 16.8 Å². The number of benzene rings is 3. The van der Waals surface area contributed by atoms with Gasteiger partial charge in [0.05, 0.1) is 7.11 Å². The first-order valence-electron chi connectivity index (χ1n) is 8.92. The van der Waals surface area contributed by atoms with E-state index in [4.69, 9.17) is 16.3 Å². The number of halogens is 1. The van der Waals surface area contributed by atoms with Crippen molar-refractivity contribution in [1.82, 2.24) is 0 Å². The zero-order valence-corrected chi connectivity index (χ0v) is 16.3. The summed E-state index contributed by atoms with van der Waals surface area (Å²) in [4.78, 5) is 24.8. The fraction of sp³-hybridized carbons (Fsp3) is 0.0435. The van der Waals surface area contributed by atoms with Gasteiger partial charge in [0.15, 0.2) is 0 Å². The van der Waals surface area contributed by atoms with Crippen molar-refractivity contribution in [2.75, 3.05) is 17.7 Å². The van der Waals surface area contributed by atoms with Crippen LogP contribution in [-0.2, 0) is 4.79 Å². The molecule has 0 bridgehead atoms. The summed E-state index contributed by atoms with van der Waals surface area (Å²) < 4.78 is 5.11. The predicted octanol–water partition coefficient (Wildman–Crippen LogP) is 5.09. The van der Waals surface area contributed by atoms with Crippen molar-refractivity contribution in [2.24, 2.45) is 0 Å². The van der Waals surface area contributed by atoms with Crippen molar-refractivity contribution in [1.29, 1.82) is 0 Å². The normalized spacial score (nSPS) is 13.7. The molecule has 0 fully saturated rings. The van der Waals surface area contributed by atoms with Gasteiger partial charge in [0.2, 0.25) is 0 Å². The molecule has 5 nitrogen and oxygen atoms in total. The molecule has 0 radical (unpaired) electrons. The third kappa shape index (κ3) is 4.00. The number of hydrogen-bond donors (Lipinski definition) is 2. The molecule has 1 heterocycles. The number of methoxy groups -OCH3 is 1. The number of ether oxygens (including phenoxy) is 1. The van der Waals surface area contributed by atoms with Crippen LogP contribution in [0.4, 0.5) is 11.4 Å². The maximum Gasteiger partial charge on any atom is 0.256 e. The van der Waals surface area contributed by atoms with Crippen LogP contribution in [0.1, 0.15) is 21.5 Å². The van der Waals surface area contributed by atoms with Crippen molar-refractivity contribution in [3.8, 4) is 5.75 Å². The Balaban J connectivity index is 1.58. The number of hydrogen-bond acceptors (Lipinski definition) is 3. The lowest BCUT2D eigenvalue weighted by atomic mass is 10.0. The molecule has 6 heteroatoms. The molecule has 0 aromatic heterocycles. The van der Waals surface area contributed by atoms with E-state index in [2.05, 4.69) is 10.6 Å². The van der Waals surface area contributed by atoms with Gasteiger partial charge in [0.1, 0.15) is 5.75 Å². The van der Waals surface area contributed by atoms with Crippen LogP contribution in [-0.4, -0.2) is 18.9 Å².